The van der Waals surface area contributed by atoms with Crippen LogP contribution in [0.2, 0.25) is 10.0 Å². The van der Waals surface area contributed by atoms with Gasteiger partial charge in [-0.15, -0.1) is 0 Å². The zero-order chi connectivity index (χ0) is 14.9. The molecule has 5 nitrogen and oxygen atoms in total. The lowest BCUT2D eigenvalue weighted by molar-refractivity contribution is 0.598. The highest BCUT2D eigenvalue weighted by atomic mass is 35.5. The van der Waals surface area contributed by atoms with Gasteiger partial charge in [0, 0.05) is 11.2 Å². The van der Waals surface area contributed by atoms with Crippen LogP contribution in [0, 0.1) is 5.82 Å². The maximum Gasteiger partial charge on any atom is 0.265 e. The number of nitrogen functional groups attached to an aromatic ring is 1. The second kappa shape index (κ2) is 5.43. The van der Waals surface area contributed by atoms with Crippen LogP contribution in [0.1, 0.15) is 0 Å². The van der Waals surface area contributed by atoms with E-state index in [1.54, 1.807) is 0 Å². The van der Waals surface area contributed by atoms with Gasteiger partial charge in [-0.3, -0.25) is 9.71 Å². The van der Waals surface area contributed by atoms with Crippen LogP contribution in [-0.4, -0.2) is 13.4 Å². The van der Waals surface area contributed by atoms with Crippen LogP contribution < -0.4 is 10.5 Å². The van der Waals surface area contributed by atoms with Gasteiger partial charge in [0.15, 0.2) is 5.82 Å². The molecule has 106 valence electrons. The monoisotopic (exact) mass is 335 g/mol. The topological polar surface area (TPSA) is 85.1 Å². The van der Waals surface area contributed by atoms with Crippen LogP contribution in [0.4, 0.5) is 15.8 Å². The summed E-state index contributed by atoms with van der Waals surface area (Å²) in [5, 5.41) is 0.0403. The number of anilines is 2. The molecule has 2 aromatic rings. The molecule has 0 fully saturated rings. The van der Waals surface area contributed by atoms with Gasteiger partial charge in [0.1, 0.15) is 4.90 Å². The van der Waals surface area contributed by atoms with Crippen molar-refractivity contribution in [2.45, 2.75) is 4.90 Å². The van der Waals surface area contributed by atoms with E-state index >= 15 is 0 Å². The number of hydrogen-bond donors (Lipinski definition) is 2. The number of nitrogens with two attached hydrogens (primary N) is 1. The molecule has 0 radical (unpaired) electrons. The molecule has 0 aliphatic carbocycles. The number of rotatable bonds is 3. The average molecular weight is 336 g/mol. The predicted octanol–water partition coefficient (Wildman–Crippen LogP) is 2.91. The molecule has 0 saturated heterocycles. The predicted molar refractivity (Wildman–Crippen MR) is 75.9 cm³/mol. The third kappa shape index (κ3) is 2.95. The van der Waals surface area contributed by atoms with Crippen molar-refractivity contribution in [2.24, 2.45) is 0 Å². The van der Waals surface area contributed by atoms with E-state index in [0.717, 1.165) is 6.20 Å². The first kappa shape index (κ1) is 14.8. The highest BCUT2D eigenvalue weighted by molar-refractivity contribution is 7.93. The van der Waals surface area contributed by atoms with Crippen LogP contribution in [0.3, 0.4) is 0 Å². The fraction of sp³-hybridized carbons (Fsp3) is 0. The second-order valence-electron chi connectivity index (χ2n) is 3.77. The molecule has 9 heteroatoms. The van der Waals surface area contributed by atoms with Crippen molar-refractivity contribution in [3.05, 3.63) is 46.5 Å². The van der Waals surface area contributed by atoms with Crippen molar-refractivity contribution in [1.29, 1.82) is 0 Å². The van der Waals surface area contributed by atoms with Crippen molar-refractivity contribution in [1.82, 2.24) is 4.98 Å². The molecule has 0 aliphatic rings. The Kier molecular flexibility index (Phi) is 4.03. The van der Waals surface area contributed by atoms with Crippen LogP contribution in [0.5, 0.6) is 0 Å². The Morgan fingerprint density at radius 3 is 2.60 bits per heavy atom. The molecule has 1 aromatic carbocycles. The Morgan fingerprint density at radius 2 is 2.00 bits per heavy atom. The van der Waals surface area contributed by atoms with E-state index in [0.29, 0.717) is 0 Å². The SMILES string of the molecule is Nc1cc(Cl)cc(Cl)c1S(=O)(=O)Nc1ccncc1F. The second-order valence-corrected chi connectivity index (χ2v) is 6.23. The minimum Gasteiger partial charge on any atom is -0.398 e. The molecular weight excluding hydrogens is 328 g/mol. The van der Waals surface area contributed by atoms with E-state index in [-0.39, 0.29) is 26.3 Å². The lowest BCUT2D eigenvalue weighted by Crippen LogP contribution is -2.16. The Labute approximate surface area is 124 Å². The van der Waals surface area contributed by atoms with Crippen molar-refractivity contribution >= 4 is 44.6 Å². The molecule has 20 heavy (non-hydrogen) atoms. The van der Waals surface area contributed by atoms with Gasteiger partial charge in [-0.1, -0.05) is 23.2 Å². The van der Waals surface area contributed by atoms with Gasteiger partial charge in [-0.25, -0.2) is 12.8 Å². The van der Waals surface area contributed by atoms with Crippen LogP contribution in [-0.2, 0) is 10.0 Å². The van der Waals surface area contributed by atoms with Crippen molar-refractivity contribution in [2.75, 3.05) is 10.5 Å². The van der Waals surface area contributed by atoms with Crippen LogP contribution in [0.15, 0.2) is 35.5 Å². The molecule has 2 rings (SSSR count). The van der Waals surface area contributed by atoms with E-state index in [1.165, 1.54) is 24.4 Å². The molecule has 0 saturated carbocycles. The Bertz CT molecular complexity index is 745. The quantitative estimate of drug-likeness (QED) is 0.844. The van der Waals surface area contributed by atoms with Crippen molar-refractivity contribution < 1.29 is 12.8 Å². The molecule has 0 aliphatic heterocycles. The van der Waals surface area contributed by atoms with E-state index in [9.17, 15) is 12.8 Å². The summed E-state index contributed by atoms with van der Waals surface area (Å²) in [6.45, 7) is 0. The number of pyridine rings is 1. The molecule has 0 atom stereocenters. The van der Waals surface area contributed by atoms with E-state index < -0.39 is 15.8 Å². The summed E-state index contributed by atoms with van der Waals surface area (Å²) < 4.78 is 39.9. The molecule has 0 amide bonds. The van der Waals surface area contributed by atoms with Gasteiger partial charge in [0.2, 0.25) is 0 Å². The van der Waals surface area contributed by atoms with E-state index in [4.69, 9.17) is 28.9 Å². The number of sulfonamides is 1. The van der Waals surface area contributed by atoms with Crippen LogP contribution in [0.25, 0.3) is 0 Å². The third-order valence-corrected chi connectivity index (χ3v) is 4.43. The van der Waals surface area contributed by atoms with Gasteiger partial charge < -0.3 is 5.73 Å². The molecule has 0 unspecified atom stereocenters. The molecule has 1 heterocycles. The number of halogens is 3. The van der Waals surface area contributed by atoms with Gasteiger partial charge in [-0.2, -0.15) is 0 Å². The van der Waals surface area contributed by atoms with Gasteiger partial charge in [-0.05, 0) is 18.2 Å². The summed E-state index contributed by atoms with van der Waals surface area (Å²) in [5.41, 5.74) is 5.21. The maximum absolute atomic E-state index is 13.4. The number of benzene rings is 1. The number of nitrogens with zero attached hydrogens (tertiary/aromatic N) is 1. The fourth-order valence-corrected chi connectivity index (χ4v) is 3.57. The Balaban J connectivity index is 2.50. The first-order chi connectivity index (χ1) is 9.31. The largest absolute Gasteiger partial charge is 0.398 e. The minimum absolute atomic E-state index is 0.135. The minimum atomic E-state index is -4.15. The molecule has 0 bridgehead atoms. The summed E-state index contributed by atoms with van der Waals surface area (Å²) in [5.74, 6) is -0.820. The van der Waals surface area contributed by atoms with Gasteiger partial charge >= 0.3 is 0 Å². The first-order valence-electron chi connectivity index (χ1n) is 5.18. The lowest BCUT2D eigenvalue weighted by atomic mass is 10.3. The van der Waals surface area contributed by atoms with Crippen molar-refractivity contribution in [3.63, 3.8) is 0 Å². The average Bonchev–Trinajstić information content (AvgIpc) is 2.30. The molecule has 0 spiro atoms. The standard InChI is InChI=1S/C11H8Cl2FN3O2S/c12-6-3-7(13)11(9(15)4-6)20(18,19)17-10-1-2-16-5-8(10)14/h1-5H,15H2,(H,16,17). The highest BCUT2D eigenvalue weighted by Gasteiger charge is 2.23. The smallest absolute Gasteiger partial charge is 0.265 e. The first-order valence-corrected chi connectivity index (χ1v) is 7.42. The Morgan fingerprint density at radius 1 is 1.30 bits per heavy atom. The number of hydrogen-bond acceptors (Lipinski definition) is 4. The highest BCUT2D eigenvalue weighted by Crippen LogP contribution is 2.32. The third-order valence-electron chi connectivity index (χ3n) is 2.32. The van der Waals surface area contributed by atoms with Crippen LogP contribution >= 0.6 is 23.2 Å². The van der Waals surface area contributed by atoms with E-state index in [1.807, 2.05) is 0 Å². The summed E-state index contributed by atoms with van der Waals surface area (Å²) in [7, 11) is -4.15. The number of nitrogens with one attached hydrogen (secondary N) is 1. The summed E-state index contributed by atoms with van der Waals surface area (Å²) >= 11 is 11.5. The summed E-state index contributed by atoms with van der Waals surface area (Å²) in [6, 6.07) is 3.65. The normalized spacial score (nSPS) is 11.3. The summed E-state index contributed by atoms with van der Waals surface area (Å²) in [6.07, 6.45) is 2.12. The molecular formula is C11H8Cl2FN3O2S. The lowest BCUT2D eigenvalue weighted by Gasteiger charge is -2.12. The molecule has 1 aromatic heterocycles. The van der Waals surface area contributed by atoms with Gasteiger partial charge in [0.05, 0.1) is 22.6 Å². The van der Waals surface area contributed by atoms with Gasteiger partial charge in [0.25, 0.3) is 10.0 Å². The zero-order valence-electron chi connectivity index (χ0n) is 9.77. The summed E-state index contributed by atoms with van der Waals surface area (Å²) in [4.78, 5) is 3.16. The van der Waals surface area contributed by atoms with Crippen molar-refractivity contribution in [3.8, 4) is 0 Å². The molecule has 3 N–H and O–H groups in total. The maximum atomic E-state index is 13.4. The van der Waals surface area contributed by atoms with E-state index in [2.05, 4.69) is 9.71 Å². The zero-order valence-corrected chi connectivity index (χ0v) is 12.1. The fourth-order valence-electron chi connectivity index (χ4n) is 1.52. The number of aromatic nitrogens is 1. The Hall–Kier alpha value is -1.57.